The zero-order valence-corrected chi connectivity index (χ0v) is 14.2. The van der Waals surface area contributed by atoms with Gasteiger partial charge in [-0.3, -0.25) is 9.69 Å². The molecule has 0 radical (unpaired) electrons. The van der Waals surface area contributed by atoms with Gasteiger partial charge in [-0.05, 0) is 55.9 Å². The van der Waals surface area contributed by atoms with Gasteiger partial charge in [0.05, 0.1) is 19.6 Å². The fourth-order valence-electron chi connectivity index (χ4n) is 3.82. The second-order valence-electron chi connectivity index (χ2n) is 6.50. The van der Waals surface area contributed by atoms with Crippen LogP contribution in [0, 0.1) is 0 Å². The number of urea groups is 1. The molecule has 1 N–H and O–H groups in total. The highest BCUT2D eigenvalue weighted by atomic mass is 16.5. The molecule has 6 heteroatoms. The van der Waals surface area contributed by atoms with Crippen molar-refractivity contribution in [3.8, 4) is 0 Å². The molecular weight excluding hydrogens is 308 g/mol. The minimum Gasteiger partial charge on any atom is -0.497 e. The zero-order valence-electron chi connectivity index (χ0n) is 14.2. The van der Waals surface area contributed by atoms with Crippen LogP contribution in [-0.2, 0) is 9.53 Å². The van der Waals surface area contributed by atoms with Gasteiger partial charge in [-0.1, -0.05) is 0 Å². The molecule has 0 spiro atoms. The van der Waals surface area contributed by atoms with Crippen molar-refractivity contribution in [2.45, 2.75) is 45.1 Å². The molecule has 1 atom stereocenters. The number of aliphatic carboxylic acids is 1. The summed E-state index contributed by atoms with van der Waals surface area (Å²) in [7, 11) is 1.60. The predicted molar refractivity (Wildman–Crippen MR) is 89.2 cm³/mol. The number of carboxylic acid groups (broad SMARTS) is 1. The topological polar surface area (TPSA) is 70.1 Å². The molecule has 2 heterocycles. The van der Waals surface area contributed by atoms with E-state index in [1.807, 2.05) is 24.0 Å². The normalized spacial score (nSPS) is 23.7. The van der Waals surface area contributed by atoms with Gasteiger partial charge in [-0.25, -0.2) is 4.79 Å². The third-order valence-electron chi connectivity index (χ3n) is 5.05. The maximum absolute atomic E-state index is 13.0. The Kier molecular flexibility index (Phi) is 4.64. The van der Waals surface area contributed by atoms with Gasteiger partial charge >= 0.3 is 12.0 Å². The molecule has 0 aromatic heterocycles. The average Bonchev–Trinajstić information content (AvgIpc) is 2.86. The third-order valence-corrected chi connectivity index (χ3v) is 5.05. The number of hydrogen-bond acceptors (Lipinski definition) is 3. The molecule has 0 aromatic carbocycles. The van der Waals surface area contributed by atoms with E-state index in [0.717, 1.165) is 55.0 Å². The lowest BCUT2D eigenvalue weighted by atomic mass is 9.93. The Hall–Kier alpha value is -2.24. The Morgan fingerprint density at radius 3 is 2.62 bits per heavy atom. The van der Waals surface area contributed by atoms with Crippen LogP contribution in [-0.4, -0.2) is 53.1 Å². The van der Waals surface area contributed by atoms with Gasteiger partial charge < -0.3 is 14.7 Å². The zero-order chi connectivity index (χ0) is 17.3. The molecule has 1 saturated heterocycles. The van der Waals surface area contributed by atoms with E-state index in [0.29, 0.717) is 6.42 Å². The lowest BCUT2D eigenvalue weighted by Crippen LogP contribution is -2.47. The van der Waals surface area contributed by atoms with E-state index >= 15 is 0 Å². The molecule has 1 unspecified atom stereocenters. The second-order valence-corrected chi connectivity index (χ2v) is 6.50. The molecule has 0 aromatic rings. The number of ether oxygens (including phenoxy) is 1. The Morgan fingerprint density at radius 2 is 2.00 bits per heavy atom. The maximum Gasteiger partial charge on any atom is 0.324 e. The number of carboxylic acids is 1. The van der Waals surface area contributed by atoms with Gasteiger partial charge in [0.2, 0.25) is 0 Å². The summed E-state index contributed by atoms with van der Waals surface area (Å²) in [5.74, 6) is -0.158. The van der Waals surface area contributed by atoms with E-state index in [4.69, 9.17) is 4.74 Å². The van der Waals surface area contributed by atoms with Crippen LogP contribution in [0.2, 0.25) is 0 Å². The summed E-state index contributed by atoms with van der Waals surface area (Å²) in [6.07, 6.45) is 7.64. The molecule has 130 valence electrons. The Morgan fingerprint density at radius 1 is 1.29 bits per heavy atom. The summed E-state index contributed by atoms with van der Waals surface area (Å²) < 4.78 is 5.30. The van der Waals surface area contributed by atoms with Crippen molar-refractivity contribution >= 4 is 12.0 Å². The number of rotatable bonds is 3. The molecule has 1 fully saturated rings. The fourth-order valence-corrected chi connectivity index (χ4v) is 3.82. The lowest BCUT2D eigenvalue weighted by molar-refractivity contribution is -0.136. The molecule has 0 saturated carbocycles. The van der Waals surface area contributed by atoms with E-state index in [9.17, 15) is 14.7 Å². The summed E-state index contributed by atoms with van der Waals surface area (Å²) in [4.78, 5) is 28.0. The number of likely N-dealkylation sites (tertiary alicyclic amines) is 1. The molecule has 3 aliphatic rings. The van der Waals surface area contributed by atoms with Crippen molar-refractivity contribution < 1.29 is 19.4 Å². The third kappa shape index (κ3) is 2.92. The van der Waals surface area contributed by atoms with Crippen LogP contribution in [0.5, 0.6) is 0 Å². The smallest absolute Gasteiger partial charge is 0.324 e. The van der Waals surface area contributed by atoms with Crippen molar-refractivity contribution in [3.63, 3.8) is 0 Å². The van der Waals surface area contributed by atoms with Crippen LogP contribution in [0.4, 0.5) is 4.79 Å². The largest absolute Gasteiger partial charge is 0.497 e. The number of nitrogens with zero attached hydrogens (tertiary/aromatic N) is 2. The summed E-state index contributed by atoms with van der Waals surface area (Å²) >= 11 is 0. The lowest BCUT2D eigenvalue weighted by Gasteiger charge is -2.35. The monoisotopic (exact) mass is 332 g/mol. The van der Waals surface area contributed by atoms with Crippen molar-refractivity contribution in [3.05, 3.63) is 34.8 Å². The molecular formula is C18H24N2O4. The van der Waals surface area contributed by atoms with Crippen LogP contribution in [0.15, 0.2) is 34.8 Å². The first-order valence-electron chi connectivity index (χ1n) is 8.48. The van der Waals surface area contributed by atoms with E-state index in [1.165, 1.54) is 0 Å². The van der Waals surface area contributed by atoms with Gasteiger partial charge in [0, 0.05) is 18.8 Å². The number of fused-ring (bicyclic) bond motifs is 1. The van der Waals surface area contributed by atoms with Gasteiger partial charge in [0.1, 0.15) is 5.76 Å². The summed E-state index contributed by atoms with van der Waals surface area (Å²) in [6, 6.07) is -0.120. The number of methoxy groups -OCH3 is 1. The van der Waals surface area contributed by atoms with Gasteiger partial charge in [0.25, 0.3) is 0 Å². The fraction of sp³-hybridized carbons (Fsp3) is 0.556. The number of piperidine rings is 1. The molecule has 6 nitrogen and oxygen atoms in total. The Bertz CT molecular complexity index is 641. The van der Waals surface area contributed by atoms with Crippen LogP contribution in [0.3, 0.4) is 0 Å². The standard InChI is InChI=1S/C18H24N2O4/c1-12-14(11-17(21)22)15-10-13(24-2)6-7-16(15)20(12)18(23)19-8-4-3-5-9-19/h6,10,16H,3-5,7-9,11H2,1-2H3,(H,21,22). The second kappa shape index (κ2) is 6.71. The van der Waals surface area contributed by atoms with Gasteiger partial charge in [-0.15, -0.1) is 0 Å². The molecule has 24 heavy (non-hydrogen) atoms. The van der Waals surface area contributed by atoms with Crippen LogP contribution in [0.25, 0.3) is 0 Å². The van der Waals surface area contributed by atoms with Crippen LogP contribution >= 0.6 is 0 Å². The number of allylic oxidation sites excluding steroid dienone is 2. The SMILES string of the molecule is COC1=CCC2C(=C1)C(CC(=O)O)=C(C)N2C(=O)N1CCCCC1. The van der Waals surface area contributed by atoms with Crippen molar-refractivity contribution in [1.29, 1.82) is 0 Å². The highest BCUT2D eigenvalue weighted by molar-refractivity contribution is 5.82. The Labute approximate surface area is 142 Å². The first-order valence-corrected chi connectivity index (χ1v) is 8.48. The van der Waals surface area contributed by atoms with E-state index in [-0.39, 0.29) is 18.5 Å². The van der Waals surface area contributed by atoms with Crippen LogP contribution < -0.4 is 0 Å². The van der Waals surface area contributed by atoms with Crippen molar-refractivity contribution in [2.24, 2.45) is 0 Å². The highest BCUT2D eigenvalue weighted by Gasteiger charge is 2.41. The quantitative estimate of drug-likeness (QED) is 0.863. The molecule has 2 aliphatic heterocycles. The minimum atomic E-state index is -0.884. The number of amides is 2. The Balaban J connectivity index is 1.93. The molecule has 0 bridgehead atoms. The number of carbonyl (C=O) groups excluding carboxylic acids is 1. The number of carbonyl (C=O) groups is 2. The average molecular weight is 332 g/mol. The number of hydrogen-bond donors (Lipinski definition) is 1. The summed E-state index contributed by atoms with van der Waals surface area (Å²) in [5, 5.41) is 9.26. The molecule has 2 amide bonds. The van der Waals surface area contributed by atoms with E-state index in [1.54, 1.807) is 12.0 Å². The first-order chi connectivity index (χ1) is 11.5. The highest BCUT2D eigenvalue weighted by Crippen LogP contribution is 2.41. The predicted octanol–water partition coefficient (Wildman–Crippen LogP) is 2.89. The van der Waals surface area contributed by atoms with Gasteiger partial charge in [-0.2, -0.15) is 0 Å². The summed E-state index contributed by atoms with van der Waals surface area (Å²) in [5.41, 5.74) is 2.40. The summed E-state index contributed by atoms with van der Waals surface area (Å²) in [6.45, 7) is 3.41. The van der Waals surface area contributed by atoms with Crippen LogP contribution in [0.1, 0.15) is 39.0 Å². The molecule has 3 rings (SSSR count). The minimum absolute atomic E-state index is 0.00208. The maximum atomic E-state index is 13.0. The van der Waals surface area contributed by atoms with Crippen molar-refractivity contribution in [1.82, 2.24) is 9.80 Å². The van der Waals surface area contributed by atoms with E-state index < -0.39 is 5.97 Å². The first kappa shape index (κ1) is 16.6. The van der Waals surface area contributed by atoms with Crippen molar-refractivity contribution in [2.75, 3.05) is 20.2 Å². The van der Waals surface area contributed by atoms with E-state index in [2.05, 4.69) is 0 Å². The van der Waals surface area contributed by atoms with Gasteiger partial charge in [0.15, 0.2) is 0 Å². The molecule has 1 aliphatic carbocycles.